The molecule has 0 N–H and O–H groups in total. The number of aromatic nitrogens is 2. The van der Waals surface area contributed by atoms with E-state index in [1.165, 1.54) is 33.8 Å². The summed E-state index contributed by atoms with van der Waals surface area (Å²) in [6, 6.07) is 15.1. The third-order valence-electron chi connectivity index (χ3n) is 6.62. The summed E-state index contributed by atoms with van der Waals surface area (Å²) < 4.78 is 42.5. The number of amides is 1. The van der Waals surface area contributed by atoms with Crippen LogP contribution < -0.4 is 4.90 Å². The van der Waals surface area contributed by atoms with Gasteiger partial charge in [0.1, 0.15) is 10.7 Å². The maximum absolute atomic E-state index is 14.2. The zero-order valence-electron chi connectivity index (χ0n) is 20.6. The molecule has 0 spiro atoms. The molecule has 1 fully saturated rings. The number of thiazole rings is 1. The first-order valence-corrected chi connectivity index (χ1v) is 14.3. The van der Waals surface area contributed by atoms with E-state index in [1.807, 2.05) is 32.0 Å². The number of aryl methyl sites for hydroxylation is 2. The van der Waals surface area contributed by atoms with Gasteiger partial charge in [0.05, 0.1) is 22.5 Å². The number of piperidine rings is 1. The number of halogens is 1. The molecular weight excluding hydrogens is 511 g/mol. The van der Waals surface area contributed by atoms with Gasteiger partial charge in [0.15, 0.2) is 5.13 Å². The zero-order chi connectivity index (χ0) is 26.2. The first-order chi connectivity index (χ1) is 17.7. The summed E-state index contributed by atoms with van der Waals surface area (Å²) in [6.45, 7) is 4.60. The molecule has 0 aliphatic carbocycles. The Morgan fingerprint density at radius 3 is 2.54 bits per heavy atom. The number of carbonyl (C=O) groups excluding carboxylic acids is 1. The third kappa shape index (κ3) is 5.14. The van der Waals surface area contributed by atoms with Crippen molar-refractivity contribution in [2.45, 2.75) is 38.1 Å². The van der Waals surface area contributed by atoms with E-state index in [1.54, 1.807) is 11.1 Å². The molecule has 1 aliphatic rings. The molecule has 1 amide bonds. The van der Waals surface area contributed by atoms with Gasteiger partial charge in [-0.05, 0) is 68.1 Å². The summed E-state index contributed by atoms with van der Waals surface area (Å²) in [6.07, 6.45) is 2.37. The molecule has 1 aliphatic heterocycles. The van der Waals surface area contributed by atoms with E-state index in [0.717, 1.165) is 33.1 Å². The number of nitrogens with zero attached hydrogens (tertiary/aromatic N) is 4. The van der Waals surface area contributed by atoms with Crippen LogP contribution in [-0.2, 0) is 21.4 Å². The number of pyridine rings is 1. The number of rotatable bonds is 6. The molecule has 1 saturated heterocycles. The highest BCUT2D eigenvalue weighted by atomic mass is 32.2. The molecule has 0 radical (unpaired) electrons. The molecule has 37 heavy (non-hydrogen) atoms. The molecule has 5 rings (SSSR count). The van der Waals surface area contributed by atoms with Crippen molar-refractivity contribution < 1.29 is 17.6 Å². The van der Waals surface area contributed by atoms with Crippen molar-refractivity contribution in [2.75, 3.05) is 18.0 Å². The van der Waals surface area contributed by atoms with Crippen LogP contribution in [0.1, 0.15) is 29.7 Å². The number of hydrogen-bond donors (Lipinski definition) is 0. The van der Waals surface area contributed by atoms with Gasteiger partial charge >= 0.3 is 0 Å². The largest absolute Gasteiger partial charge is 0.282 e. The highest BCUT2D eigenvalue weighted by Gasteiger charge is 2.36. The minimum absolute atomic E-state index is 0.109. The highest BCUT2D eigenvalue weighted by molar-refractivity contribution is 7.89. The lowest BCUT2D eigenvalue weighted by molar-refractivity contribution is -0.123. The molecule has 0 bridgehead atoms. The zero-order valence-corrected chi connectivity index (χ0v) is 22.2. The van der Waals surface area contributed by atoms with Crippen molar-refractivity contribution in [1.82, 2.24) is 14.3 Å². The number of carbonyl (C=O) groups is 1. The summed E-state index contributed by atoms with van der Waals surface area (Å²) in [5.74, 6) is -1.27. The van der Waals surface area contributed by atoms with Gasteiger partial charge in [0, 0.05) is 25.2 Å². The summed E-state index contributed by atoms with van der Waals surface area (Å²) >= 11 is 1.47. The summed E-state index contributed by atoms with van der Waals surface area (Å²) in [7, 11) is -3.98. The number of sulfonamides is 1. The molecule has 4 aromatic rings. The van der Waals surface area contributed by atoms with Gasteiger partial charge in [-0.15, -0.1) is 0 Å². The van der Waals surface area contributed by atoms with E-state index in [2.05, 4.69) is 17.1 Å². The molecule has 3 heterocycles. The fourth-order valence-corrected chi connectivity index (χ4v) is 7.41. The summed E-state index contributed by atoms with van der Waals surface area (Å²) in [4.78, 5) is 24.4. The molecular formula is C27H27FN4O3S2. The van der Waals surface area contributed by atoms with Crippen molar-refractivity contribution in [3.8, 4) is 0 Å². The van der Waals surface area contributed by atoms with Gasteiger partial charge < -0.3 is 0 Å². The maximum Gasteiger partial charge on any atom is 0.245 e. The fourth-order valence-electron chi connectivity index (χ4n) is 4.72. The van der Waals surface area contributed by atoms with Crippen molar-refractivity contribution in [1.29, 1.82) is 0 Å². The van der Waals surface area contributed by atoms with Crippen LogP contribution in [0, 0.1) is 25.6 Å². The highest BCUT2D eigenvalue weighted by Crippen LogP contribution is 2.34. The number of anilines is 1. The van der Waals surface area contributed by atoms with E-state index in [0.29, 0.717) is 18.0 Å². The topological polar surface area (TPSA) is 83.5 Å². The van der Waals surface area contributed by atoms with Crippen molar-refractivity contribution in [3.63, 3.8) is 0 Å². The van der Waals surface area contributed by atoms with E-state index in [4.69, 9.17) is 4.98 Å². The second-order valence-electron chi connectivity index (χ2n) is 9.28. The molecule has 0 saturated carbocycles. The van der Waals surface area contributed by atoms with E-state index in [9.17, 15) is 17.6 Å². The predicted molar refractivity (Wildman–Crippen MR) is 142 cm³/mol. The smallest absolute Gasteiger partial charge is 0.245 e. The Bertz CT molecular complexity index is 1550. The molecule has 192 valence electrons. The van der Waals surface area contributed by atoms with Crippen LogP contribution in [0.3, 0.4) is 0 Å². The van der Waals surface area contributed by atoms with E-state index >= 15 is 0 Å². The van der Waals surface area contributed by atoms with Crippen LogP contribution in [0.15, 0.2) is 65.7 Å². The van der Waals surface area contributed by atoms with Crippen LogP contribution in [0.2, 0.25) is 0 Å². The third-order valence-corrected chi connectivity index (χ3v) is 9.58. The first kappa shape index (κ1) is 25.4. The summed E-state index contributed by atoms with van der Waals surface area (Å²) in [5, 5.41) is 0.598. The molecule has 2 aromatic heterocycles. The van der Waals surface area contributed by atoms with Gasteiger partial charge in [-0.25, -0.2) is 17.8 Å². The monoisotopic (exact) mass is 538 g/mol. The SMILES string of the molecule is Cc1cc(C)c2nc(N(Cc3ccccn3)C(=O)C3CCN(S(=O)(=O)c4ccccc4F)CC3)sc2c1. The fraction of sp³-hybridized carbons (Fsp3) is 0.296. The second kappa shape index (κ2) is 10.3. The van der Waals surface area contributed by atoms with E-state index in [-0.39, 0.29) is 36.4 Å². The van der Waals surface area contributed by atoms with Gasteiger partial charge in [0.25, 0.3) is 0 Å². The lowest BCUT2D eigenvalue weighted by Gasteiger charge is -2.33. The van der Waals surface area contributed by atoms with Crippen LogP contribution in [-0.4, -0.2) is 41.7 Å². The number of hydrogen-bond acceptors (Lipinski definition) is 6. The lowest BCUT2D eigenvalue weighted by Crippen LogP contribution is -2.44. The maximum atomic E-state index is 14.2. The van der Waals surface area contributed by atoms with Gasteiger partial charge in [-0.2, -0.15) is 4.31 Å². The Kier molecular flexibility index (Phi) is 7.06. The Morgan fingerprint density at radius 1 is 1.11 bits per heavy atom. The second-order valence-corrected chi connectivity index (χ2v) is 12.2. The Labute approximate surface area is 219 Å². The minimum Gasteiger partial charge on any atom is -0.282 e. The Balaban J connectivity index is 1.40. The Hall–Kier alpha value is -3.21. The van der Waals surface area contributed by atoms with Crippen LogP contribution in [0.25, 0.3) is 10.2 Å². The average molecular weight is 539 g/mol. The van der Waals surface area contributed by atoms with Gasteiger partial charge in [0.2, 0.25) is 15.9 Å². The van der Waals surface area contributed by atoms with Crippen LogP contribution in [0.5, 0.6) is 0 Å². The average Bonchev–Trinajstić information content (AvgIpc) is 3.32. The quantitative estimate of drug-likeness (QED) is 0.342. The van der Waals surface area contributed by atoms with E-state index < -0.39 is 15.8 Å². The molecule has 7 nitrogen and oxygen atoms in total. The van der Waals surface area contributed by atoms with Crippen LogP contribution in [0.4, 0.5) is 9.52 Å². The molecule has 0 atom stereocenters. The van der Waals surface area contributed by atoms with Crippen molar-refractivity contribution in [2.24, 2.45) is 5.92 Å². The standard InChI is InChI=1S/C27H27FN4O3S2/c1-18-15-19(2)25-23(16-18)36-27(30-25)32(17-21-7-5-6-12-29-21)26(33)20-10-13-31(14-11-20)37(34,35)24-9-4-3-8-22(24)28/h3-9,12,15-16,20H,10-11,13-14,17H2,1-2H3. The summed E-state index contributed by atoms with van der Waals surface area (Å²) in [5.41, 5.74) is 3.79. The predicted octanol–water partition coefficient (Wildman–Crippen LogP) is 5.08. The molecule has 0 unspecified atom stereocenters. The minimum atomic E-state index is -3.98. The first-order valence-electron chi connectivity index (χ1n) is 12.1. The van der Waals surface area contributed by atoms with Gasteiger partial charge in [-0.3, -0.25) is 14.7 Å². The number of benzene rings is 2. The lowest BCUT2D eigenvalue weighted by atomic mass is 9.96. The molecule has 2 aromatic carbocycles. The van der Waals surface area contributed by atoms with Gasteiger partial charge in [-0.1, -0.05) is 35.6 Å². The van der Waals surface area contributed by atoms with Crippen LogP contribution >= 0.6 is 11.3 Å². The van der Waals surface area contributed by atoms with Crippen molar-refractivity contribution >= 4 is 42.6 Å². The van der Waals surface area contributed by atoms with Crippen molar-refractivity contribution in [3.05, 3.63) is 83.4 Å². The normalized spacial score (nSPS) is 15.2. The number of fused-ring (bicyclic) bond motifs is 1. The Morgan fingerprint density at radius 2 is 1.84 bits per heavy atom. The molecule has 10 heteroatoms.